The molecule has 1 heterocycles. The van der Waals surface area contributed by atoms with Crippen LogP contribution in [-0.2, 0) is 6.54 Å². The number of rotatable bonds is 10. The molecule has 0 fully saturated rings. The number of aromatic nitrogens is 1. The van der Waals surface area contributed by atoms with E-state index < -0.39 is 23.0 Å². The zero-order chi connectivity index (χ0) is 26.4. The summed E-state index contributed by atoms with van der Waals surface area (Å²) in [6.07, 6.45) is 4.03. The molecule has 0 amide bonds. The lowest BCUT2D eigenvalue weighted by molar-refractivity contribution is 0.103. The van der Waals surface area contributed by atoms with E-state index in [0.717, 1.165) is 30.3 Å². The molecule has 0 aliphatic carbocycles. The minimum Gasteiger partial charge on any atom is -0.494 e. The molecule has 36 heavy (non-hydrogen) atoms. The number of nitriles is 1. The number of benzene rings is 2. The predicted molar refractivity (Wildman–Crippen MR) is 137 cm³/mol. The van der Waals surface area contributed by atoms with Gasteiger partial charge in [0, 0.05) is 5.56 Å². The Balaban J connectivity index is 2.00. The predicted octanol–water partition coefficient (Wildman–Crippen LogP) is 6.42. The van der Waals surface area contributed by atoms with Crippen LogP contribution in [0.25, 0.3) is 0 Å². The van der Waals surface area contributed by atoms with Crippen molar-refractivity contribution >= 4 is 29.0 Å². The number of carbonyl (C=O) groups excluding carboxylic acids is 1. The molecule has 9 heteroatoms. The van der Waals surface area contributed by atoms with E-state index in [1.165, 1.54) is 43.3 Å². The highest BCUT2D eigenvalue weighted by Gasteiger charge is 2.26. The third kappa shape index (κ3) is 5.89. The third-order valence-electron chi connectivity index (χ3n) is 5.79. The lowest BCUT2D eigenvalue weighted by Gasteiger charge is -2.16. The van der Waals surface area contributed by atoms with E-state index in [1.807, 2.05) is 6.07 Å². The monoisotopic (exact) mass is 530 g/mol. The number of hydrogen-bond donors (Lipinski definition) is 1. The normalized spacial score (nSPS) is 10.8. The Hall–Kier alpha value is -3.34. The highest BCUT2D eigenvalue weighted by atomic mass is 35.5. The van der Waals surface area contributed by atoms with E-state index in [4.69, 9.17) is 27.9 Å². The summed E-state index contributed by atoms with van der Waals surface area (Å²) in [5.74, 6) is -1.50. The number of ether oxygens (including phenoxy) is 1. The van der Waals surface area contributed by atoms with E-state index in [-0.39, 0.29) is 44.6 Å². The van der Waals surface area contributed by atoms with Gasteiger partial charge in [0.1, 0.15) is 17.4 Å². The fourth-order valence-corrected chi connectivity index (χ4v) is 4.41. The van der Waals surface area contributed by atoms with Crippen molar-refractivity contribution in [1.29, 1.82) is 5.26 Å². The Morgan fingerprint density at radius 1 is 1.14 bits per heavy atom. The first-order chi connectivity index (χ1) is 17.2. The molecule has 0 spiro atoms. The zero-order valence-corrected chi connectivity index (χ0v) is 21.4. The number of pyridine rings is 1. The molecule has 0 bridgehead atoms. The van der Waals surface area contributed by atoms with Crippen molar-refractivity contribution in [3.63, 3.8) is 0 Å². The van der Waals surface area contributed by atoms with Crippen LogP contribution in [0.1, 0.15) is 65.2 Å². The number of carbonyl (C=O) groups is 1. The Bertz CT molecular complexity index is 1360. The average molecular weight is 531 g/mol. The molecule has 6 nitrogen and oxygen atoms in total. The van der Waals surface area contributed by atoms with Crippen molar-refractivity contribution in [2.24, 2.45) is 0 Å². The number of aromatic hydroxyl groups is 1. The summed E-state index contributed by atoms with van der Waals surface area (Å²) in [5.41, 5.74) is -0.708. The fourth-order valence-electron chi connectivity index (χ4n) is 3.82. The van der Waals surface area contributed by atoms with Crippen molar-refractivity contribution in [3.05, 3.63) is 90.4 Å². The lowest BCUT2D eigenvalue weighted by atomic mass is 9.97. The lowest BCUT2D eigenvalue weighted by Crippen LogP contribution is -2.27. The van der Waals surface area contributed by atoms with Crippen molar-refractivity contribution in [3.8, 4) is 17.7 Å². The molecule has 2 aromatic carbocycles. The molecule has 3 aromatic rings. The average Bonchev–Trinajstić information content (AvgIpc) is 2.84. The topological polar surface area (TPSA) is 92.3 Å². The van der Waals surface area contributed by atoms with Crippen LogP contribution in [0.15, 0.2) is 41.2 Å². The smallest absolute Gasteiger partial charge is 0.271 e. The number of halogens is 3. The molecule has 0 aliphatic rings. The van der Waals surface area contributed by atoms with E-state index in [2.05, 4.69) is 6.92 Å². The van der Waals surface area contributed by atoms with E-state index in [9.17, 15) is 24.3 Å². The van der Waals surface area contributed by atoms with E-state index >= 15 is 0 Å². The highest BCUT2D eigenvalue weighted by Crippen LogP contribution is 2.36. The zero-order valence-electron chi connectivity index (χ0n) is 19.9. The van der Waals surface area contributed by atoms with Gasteiger partial charge in [0.25, 0.3) is 5.56 Å². The van der Waals surface area contributed by atoms with Crippen LogP contribution in [0, 0.1) is 24.1 Å². The number of unbranched alkanes of at least 4 members (excludes halogenated alkanes) is 3. The second-order valence-electron chi connectivity index (χ2n) is 8.34. The first kappa shape index (κ1) is 27.3. The number of nitrogens with zero attached hydrogens (tertiary/aromatic N) is 2. The molecule has 0 saturated carbocycles. The summed E-state index contributed by atoms with van der Waals surface area (Å²) in [6, 6.07) is 9.86. The maximum atomic E-state index is 13.5. The van der Waals surface area contributed by atoms with Crippen molar-refractivity contribution in [2.45, 2.75) is 46.1 Å². The van der Waals surface area contributed by atoms with Crippen LogP contribution in [0.4, 0.5) is 4.39 Å². The molecule has 3 rings (SSSR count). The van der Waals surface area contributed by atoms with Gasteiger partial charge in [0.15, 0.2) is 11.5 Å². The molecule has 188 valence electrons. The van der Waals surface area contributed by atoms with E-state index in [1.54, 1.807) is 0 Å². The van der Waals surface area contributed by atoms with Crippen molar-refractivity contribution < 1.29 is 19.0 Å². The standard InChI is InChI=1S/C27H25Cl2FN2O4/c1-3-4-5-6-11-36-25-21(28)12-18(13-22(25)29)24(33)23-16(2)20(14-31)26(34)32(27(23)35)15-17-7-9-19(30)10-8-17/h7-10,12-13,35H,3-6,11,15H2,1-2H3. The second-order valence-corrected chi connectivity index (χ2v) is 9.15. The molecule has 0 aliphatic heterocycles. The first-order valence-electron chi connectivity index (χ1n) is 11.5. The van der Waals surface area contributed by atoms with Crippen LogP contribution in [0.5, 0.6) is 11.6 Å². The fraction of sp³-hybridized carbons (Fsp3) is 0.296. The molecule has 1 N–H and O–H groups in total. The summed E-state index contributed by atoms with van der Waals surface area (Å²) in [7, 11) is 0. The van der Waals surface area contributed by atoms with Gasteiger partial charge in [0.05, 0.1) is 28.8 Å². The maximum Gasteiger partial charge on any atom is 0.271 e. The minimum absolute atomic E-state index is 0.0313. The van der Waals surface area contributed by atoms with Gasteiger partial charge in [-0.3, -0.25) is 14.2 Å². The Morgan fingerprint density at radius 3 is 2.36 bits per heavy atom. The van der Waals surface area contributed by atoms with Gasteiger partial charge < -0.3 is 9.84 Å². The minimum atomic E-state index is -0.767. The van der Waals surface area contributed by atoms with Crippen LogP contribution >= 0.6 is 23.2 Å². The Labute approximate surface area is 218 Å². The number of ketones is 1. The van der Waals surface area contributed by atoms with Crippen LogP contribution in [-0.4, -0.2) is 22.1 Å². The Kier molecular flexibility index (Phi) is 9.14. The summed E-state index contributed by atoms with van der Waals surface area (Å²) < 4.78 is 19.9. The maximum absolute atomic E-state index is 13.5. The van der Waals surface area contributed by atoms with Crippen molar-refractivity contribution in [1.82, 2.24) is 4.57 Å². The summed E-state index contributed by atoms with van der Waals surface area (Å²) in [6.45, 7) is 3.77. The molecule has 0 saturated heterocycles. The third-order valence-corrected chi connectivity index (χ3v) is 6.35. The van der Waals surface area contributed by atoms with Gasteiger partial charge in [-0.2, -0.15) is 5.26 Å². The van der Waals surface area contributed by atoms with Gasteiger partial charge in [-0.1, -0.05) is 61.5 Å². The molecule has 1 aromatic heterocycles. The largest absolute Gasteiger partial charge is 0.494 e. The highest BCUT2D eigenvalue weighted by molar-refractivity contribution is 6.38. The quantitative estimate of drug-likeness (QED) is 0.241. The van der Waals surface area contributed by atoms with Gasteiger partial charge in [-0.05, 0) is 48.7 Å². The second kappa shape index (κ2) is 12.1. The van der Waals surface area contributed by atoms with Crippen molar-refractivity contribution in [2.75, 3.05) is 6.61 Å². The van der Waals surface area contributed by atoms with E-state index in [0.29, 0.717) is 12.2 Å². The Morgan fingerprint density at radius 2 is 1.78 bits per heavy atom. The molecular formula is C27H25Cl2FN2O4. The first-order valence-corrected chi connectivity index (χ1v) is 12.2. The molecular weight excluding hydrogens is 506 g/mol. The summed E-state index contributed by atoms with van der Waals surface area (Å²) in [4.78, 5) is 26.4. The van der Waals surface area contributed by atoms with Gasteiger partial charge >= 0.3 is 0 Å². The number of hydrogen-bond acceptors (Lipinski definition) is 5. The van der Waals surface area contributed by atoms with Crippen LogP contribution in [0.2, 0.25) is 10.0 Å². The molecule has 0 unspecified atom stereocenters. The molecule has 0 radical (unpaired) electrons. The summed E-state index contributed by atoms with van der Waals surface area (Å²) in [5, 5.41) is 20.8. The SMILES string of the molecule is CCCCCCOc1c(Cl)cc(C(=O)c2c(C)c(C#N)c(=O)n(Cc3ccc(F)cc3)c2O)cc1Cl. The van der Waals surface area contributed by atoms with Gasteiger partial charge in [-0.25, -0.2) is 4.39 Å². The van der Waals surface area contributed by atoms with Crippen LogP contribution in [0.3, 0.4) is 0 Å². The van der Waals surface area contributed by atoms with Gasteiger partial charge in [0.2, 0.25) is 5.88 Å². The van der Waals surface area contributed by atoms with Gasteiger partial charge in [-0.15, -0.1) is 0 Å². The molecule has 0 atom stereocenters. The summed E-state index contributed by atoms with van der Waals surface area (Å²) >= 11 is 12.7. The van der Waals surface area contributed by atoms with Crippen LogP contribution < -0.4 is 10.3 Å².